The van der Waals surface area contributed by atoms with E-state index in [2.05, 4.69) is 29.6 Å². The first kappa shape index (κ1) is 18.0. The molecule has 4 unspecified atom stereocenters. The van der Waals surface area contributed by atoms with Gasteiger partial charge in [0.05, 0.1) is 6.54 Å². The molecule has 24 heavy (non-hydrogen) atoms. The Labute approximate surface area is 149 Å². The maximum Gasteiger partial charge on any atom is 0.253 e. The first-order chi connectivity index (χ1) is 11.5. The van der Waals surface area contributed by atoms with E-state index in [1.54, 1.807) is 0 Å². The van der Waals surface area contributed by atoms with Gasteiger partial charge in [0.1, 0.15) is 5.38 Å². The van der Waals surface area contributed by atoms with Crippen LogP contribution in [0.3, 0.4) is 0 Å². The van der Waals surface area contributed by atoms with Crippen molar-refractivity contribution in [2.24, 2.45) is 17.8 Å². The lowest BCUT2D eigenvalue weighted by Gasteiger charge is -2.44. The molecule has 0 radical (unpaired) electrons. The molecule has 0 bridgehead atoms. The first-order valence-electron chi connectivity index (χ1n) is 9.16. The van der Waals surface area contributed by atoms with Crippen molar-refractivity contribution in [3.8, 4) is 0 Å². The molecule has 0 aromatic rings. The molecule has 0 aromatic heterocycles. The predicted molar refractivity (Wildman–Crippen MR) is 93.4 cm³/mol. The number of carbonyl (C=O) groups excluding carboxylic acids is 2. The minimum Gasteiger partial charge on any atom is -0.340 e. The molecule has 7 heteroatoms. The van der Waals surface area contributed by atoms with Crippen LogP contribution in [0.15, 0.2) is 0 Å². The van der Waals surface area contributed by atoms with Gasteiger partial charge in [0.25, 0.3) is 5.91 Å². The van der Waals surface area contributed by atoms with Gasteiger partial charge in [0, 0.05) is 32.2 Å². The number of hydrogen-bond acceptors (Lipinski definition) is 4. The molecule has 2 saturated heterocycles. The highest BCUT2D eigenvalue weighted by atomic mass is 35.5. The van der Waals surface area contributed by atoms with Crippen LogP contribution in [0.5, 0.6) is 0 Å². The summed E-state index contributed by atoms with van der Waals surface area (Å²) in [7, 11) is 0. The van der Waals surface area contributed by atoms with Crippen molar-refractivity contribution in [2.75, 3.05) is 32.7 Å². The standard InChI is InChI=1S/C17H29ClN4O2/c1-11-4-3-5-12(2)13(11)9-22-7-6-21(10-15(22)23)14-8-19-20-17(24)16(14)18/h11-14,16,19H,3-10H2,1-2H3,(H,20,24). The molecule has 0 aromatic carbocycles. The SMILES string of the molecule is CC1CCCC(C)C1CN1CCN(C2CNNC(=O)C2Cl)CC1=O. The summed E-state index contributed by atoms with van der Waals surface area (Å²) >= 11 is 6.23. The smallest absolute Gasteiger partial charge is 0.253 e. The van der Waals surface area contributed by atoms with Gasteiger partial charge in [0.2, 0.25) is 5.91 Å². The number of nitrogens with zero attached hydrogens (tertiary/aromatic N) is 2. The number of rotatable bonds is 3. The molecule has 0 spiro atoms. The monoisotopic (exact) mass is 356 g/mol. The zero-order valence-corrected chi connectivity index (χ0v) is 15.4. The Hall–Kier alpha value is -0.850. The lowest BCUT2D eigenvalue weighted by molar-refractivity contribution is -0.140. The highest BCUT2D eigenvalue weighted by Gasteiger charge is 2.39. The molecular formula is C17H29ClN4O2. The van der Waals surface area contributed by atoms with E-state index in [0.29, 0.717) is 30.8 Å². The molecule has 3 rings (SSSR count). The molecule has 6 nitrogen and oxygen atoms in total. The minimum absolute atomic E-state index is 0.126. The Bertz CT molecular complexity index is 479. The quantitative estimate of drug-likeness (QED) is 0.735. The van der Waals surface area contributed by atoms with Crippen molar-refractivity contribution in [1.82, 2.24) is 20.7 Å². The normalized spacial score (nSPS) is 39.0. The van der Waals surface area contributed by atoms with E-state index in [1.807, 2.05) is 4.90 Å². The average molecular weight is 357 g/mol. The van der Waals surface area contributed by atoms with E-state index in [4.69, 9.17) is 11.6 Å². The van der Waals surface area contributed by atoms with Crippen LogP contribution in [0.25, 0.3) is 0 Å². The number of hydrogen-bond donors (Lipinski definition) is 2. The summed E-state index contributed by atoms with van der Waals surface area (Å²) in [5.41, 5.74) is 5.41. The van der Waals surface area contributed by atoms with Crippen molar-refractivity contribution in [3.05, 3.63) is 0 Å². The van der Waals surface area contributed by atoms with Crippen LogP contribution < -0.4 is 10.9 Å². The number of alkyl halides is 1. The van der Waals surface area contributed by atoms with Crippen LogP contribution in [0.4, 0.5) is 0 Å². The van der Waals surface area contributed by atoms with Gasteiger partial charge < -0.3 is 4.90 Å². The Kier molecular flexibility index (Phi) is 5.67. The summed E-state index contributed by atoms with van der Waals surface area (Å²) < 4.78 is 0. The van der Waals surface area contributed by atoms with Gasteiger partial charge >= 0.3 is 0 Å². The number of carbonyl (C=O) groups is 2. The molecule has 136 valence electrons. The molecular weight excluding hydrogens is 328 g/mol. The Morgan fingerprint density at radius 2 is 1.88 bits per heavy atom. The van der Waals surface area contributed by atoms with E-state index < -0.39 is 5.38 Å². The van der Waals surface area contributed by atoms with Crippen LogP contribution in [0, 0.1) is 17.8 Å². The minimum atomic E-state index is -0.607. The molecule has 3 aliphatic rings. The van der Waals surface area contributed by atoms with Crippen molar-refractivity contribution < 1.29 is 9.59 Å². The van der Waals surface area contributed by atoms with Gasteiger partial charge in [-0.15, -0.1) is 11.6 Å². The van der Waals surface area contributed by atoms with E-state index >= 15 is 0 Å². The fraction of sp³-hybridized carbons (Fsp3) is 0.882. The summed E-state index contributed by atoms with van der Waals surface area (Å²) in [4.78, 5) is 28.4. The zero-order chi connectivity index (χ0) is 17.3. The van der Waals surface area contributed by atoms with Crippen molar-refractivity contribution in [2.45, 2.75) is 44.5 Å². The Morgan fingerprint density at radius 1 is 1.17 bits per heavy atom. The highest BCUT2D eigenvalue weighted by molar-refractivity contribution is 6.31. The second-order valence-corrected chi connectivity index (χ2v) is 8.17. The highest BCUT2D eigenvalue weighted by Crippen LogP contribution is 2.35. The number of halogens is 1. The van der Waals surface area contributed by atoms with Crippen LogP contribution in [0.2, 0.25) is 0 Å². The Balaban J connectivity index is 1.57. The van der Waals surface area contributed by atoms with Crippen LogP contribution >= 0.6 is 11.6 Å². The molecule has 2 aliphatic heterocycles. The van der Waals surface area contributed by atoms with E-state index in [1.165, 1.54) is 19.3 Å². The fourth-order valence-electron chi connectivity index (χ4n) is 4.47. The second kappa shape index (κ2) is 7.58. The van der Waals surface area contributed by atoms with E-state index in [9.17, 15) is 9.59 Å². The number of hydrazine groups is 1. The summed E-state index contributed by atoms with van der Waals surface area (Å²) in [6.45, 7) is 7.97. The number of amides is 2. The van der Waals surface area contributed by atoms with Crippen LogP contribution in [-0.2, 0) is 9.59 Å². The maximum absolute atomic E-state index is 12.6. The van der Waals surface area contributed by atoms with Gasteiger partial charge in [-0.05, 0) is 17.8 Å². The van der Waals surface area contributed by atoms with Gasteiger partial charge in [-0.3, -0.25) is 19.9 Å². The number of piperazine rings is 1. The number of nitrogens with one attached hydrogen (secondary N) is 2. The van der Waals surface area contributed by atoms with Gasteiger partial charge in [-0.1, -0.05) is 33.1 Å². The fourth-order valence-corrected chi connectivity index (χ4v) is 4.78. The van der Waals surface area contributed by atoms with Crippen molar-refractivity contribution in [1.29, 1.82) is 0 Å². The van der Waals surface area contributed by atoms with Gasteiger partial charge in [0.15, 0.2) is 0 Å². The molecule has 2 heterocycles. The second-order valence-electron chi connectivity index (χ2n) is 7.70. The average Bonchev–Trinajstić information content (AvgIpc) is 2.55. The van der Waals surface area contributed by atoms with E-state index in [0.717, 1.165) is 19.6 Å². The predicted octanol–water partition coefficient (Wildman–Crippen LogP) is 0.813. The van der Waals surface area contributed by atoms with Crippen molar-refractivity contribution >= 4 is 23.4 Å². The van der Waals surface area contributed by atoms with E-state index in [-0.39, 0.29) is 17.9 Å². The third kappa shape index (κ3) is 3.70. The van der Waals surface area contributed by atoms with Crippen LogP contribution in [0.1, 0.15) is 33.1 Å². The molecule has 2 N–H and O–H groups in total. The summed E-state index contributed by atoms with van der Waals surface area (Å²) in [5.74, 6) is 1.95. The molecule has 1 aliphatic carbocycles. The molecule has 2 amide bonds. The van der Waals surface area contributed by atoms with Crippen molar-refractivity contribution in [3.63, 3.8) is 0 Å². The van der Waals surface area contributed by atoms with Gasteiger partial charge in [-0.25, -0.2) is 5.43 Å². The molecule has 1 saturated carbocycles. The summed E-state index contributed by atoms with van der Waals surface area (Å²) in [6, 6.07) is -0.126. The molecule has 4 atom stereocenters. The van der Waals surface area contributed by atoms with Crippen LogP contribution in [-0.4, -0.2) is 65.8 Å². The lowest BCUT2D eigenvalue weighted by Crippen LogP contribution is -2.65. The maximum atomic E-state index is 12.6. The molecule has 3 fully saturated rings. The zero-order valence-electron chi connectivity index (χ0n) is 14.6. The largest absolute Gasteiger partial charge is 0.340 e. The summed E-state index contributed by atoms with van der Waals surface area (Å²) in [5, 5.41) is -0.607. The third-order valence-corrected chi connectivity index (χ3v) is 6.63. The Morgan fingerprint density at radius 3 is 2.54 bits per heavy atom. The lowest BCUT2D eigenvalue weighted by atomic mass is 9.73. The summed E-state index contributed by atoms with van der Waals surface area (Å²) in [6.07, 6.45) is 3.87. The third-order valence-electron chi connectivity index (χ3n) is 6.14. The first-order valence-corrected chi connectivity index (χ1v) is 9.59. The topological polar surface area (TPSA) is 64.7 Å². The van der Waals surface area contributed by atoms with Gasteiger partial charge in [-0.2, -0.15) is 0 Å².